The van der Waals surface area contributed by atoms with Gasteiger partial charge < -0.3 is 5.32 Å². The Bertz CT molecular complexity index is 910. The van der Waals surface area contributed by atoms with Crippen LogP contribution >= 0.6 is 11.3 Å². The lowest BCUT2D eigenvalue weighted by Crippen LogP contribution is -2.35. The largest absolute Gasteiger partial charge is 0.350 e. The van der Waals surface area contributed by atoms with E-state index in [1.807, 2.05) is 48.7 Å². The van der Waals surface area contributed by atoms with Crippen LogP contribution in [0.5, 0.6) is 0 Å². The highest BCUT2D eigenvalue weighted by molar-refractivity contribution is 7.85. The van der Waals surface area contributed by atoms with Gasteiger partial charge in [-0.1, -0.05) is 18.2 Å². The van der Waals surface area contributed by atoms with Crippen molar-refractivity contribution in [3.63, 3.8) is 0 Å². The summed E-state index contributed by atoms with van der Waals surface area (Å²) in [5, 5.41) is 4.20. The first-order valence-electron chi connectivity index (χ1n) is 7.94. The molecule has 1 aromatic carbocycles. The summed E-state index contributed by atoms with van der Waals surface area (Å²) in [7, 11) is -1.36. The number of hydrogen-bond donors (Lipinski definition) is 1. The van der Waals surface area contributed by atoms with Crippen molar-refractivity contribution in [2.24, 2.45) is 0 Å². The fourth-order valence-electron chi connectivity index (χ4n) is 2.37. The van der Waals surface area contributed by atoms with Crippen molar-refractivity contribution >= 4 is 39.1 Å². The van der Waals surface area contributed by atoms with Gasteiger partial charge in [0, 0.05) is 15.7 Å². The molecule has 3 aromatic rings. The van der Waals surface area contributed by atoms with Crippen LogP contribution < -0.4 is 5.32 Å². The molecule has 3 rings (SSSR count). The number of aryl methyl sites for hydroxylation is 1. The number of aromatic nitrogens is 2. The Morgan fingerprint density at radius 1 is 1.20 bits per heavy atom. The van der Waals surface area contributed by atoms with Gasteiger partial charge in [0.1, 0.15) is 5.25 Å². The van der Waals surface area contributed by atoms with Gasteiger partial charge in [-0.15, -0.1) is 11.3 Å². The van der Waals surface area contributed by atoms with Crippen molar-refractivity contribution in [2.45, 2.75) is 31.4 Å². The quantitative estimate of drug-likeness (QED) is 0.721. The number of benzene rings is 1. The SMILES string of the molecule is Cc1nc2ccccc2nc1C[S@](=O)[C@@H](C)C(=O)NCc1cccs1. The van der Waals surface area contributed by atoms with Gasteiger partial charge in [0.2, 0.25) is 5.91 Å². The molecule has 1 N–H and O–H groups in total. The van der Waals surface area contributed by atoms with Gasteiger partial charge in [0.25, 0.3) is 0 Å². The first-order chi connectivity index (χ1) is 12.0. The van der Waals surface area contributed by atoms with Gasteiger partial charge in [-0.05, 0) is 37.4 Å². The second kappa shape index (κ2) is 7.84. The summed E-state index contributed by atoms with van der Waals surface area (Å²) in [6, 6.07) is 11.5. The summed E-state index contributed by atoms with van der Waals surface area (Å²) in [6.45, 7) is 4.00. The minimum Gasteiger partial charge on any atom is -0.350 e. The molecule has 0 radical (unpaired) electrons. The normalized spacial score (nSPS) is 13.5. The predicted molar refractivity (Wildman–Crippen MR) is 102 cm³/mol. The predicted octanol–water partition coefficient (Wildman–Crippen LogP) is 2.95. The Morgan fingerprint density at radius 3 is 2.60 bits per heavy atom. The maximum Gasteiger partial charge on any atom is 0.235 e. The van der Waals surface area contributed by atoms with Crippen LogP contribution in [-0.4, -0.2) is 25.3 Å². The summed E-state index contributed by atoms with van der Waals surface area (Å²) >= 11 is 1.58. The molecule has 2 heterocycles. The molecular weight excluding hydrogens is 354 g/mol. The van der Waals surface area contributed by atoms with Gasteiger partial charge >= 0.3 is 0 Å². The molecule has 2 aromatic heterocycles. The Balaban J connectivity index is 1.66. The smallest absolute Gasteiger partial charge is 0.235 e. The van der Waals surface area contributed by atoms with Crippen LogP contribution in [0.25, 0.3) is 11.0 Å². The first-order valence-corrected chi connectivity index (χ1v) is 10.2. The number of hydrogen-bond acceptors (Lipinski definition) is 5. The third-order valence-electron chi connectivity index (χ3n) is 3.90. The standard InChI is InChI=1S/C18H19N3O2S2/c1-12-17(21-16-8-4-3-7-15(16)20-12)11-25(23)13(2)18(22)19-10-14-6-5-9-24-14/h3-9,13H,10-11H2,1-2H3,(H,19,22)/t13-,25-/m0/s1. The van der Waals surface area contributed by atoms with Crippen molar-refractivity contribution in [1.82, 2.24) is 15.3 Å². The van der Waals surface area contributed by atoms with E-state index in [4.69, 9.17) is 0 Å². The Morgan fingerprint density at radius 2 is 1.92 bits per heavy atom. The fraction of sp³-hybridized carbons (Fsp3) is 0.278. The molecular formula is C18H19N3O2S2. The lowest BCUT2D eigenvalue weighted by atomic mass is 10.2. The molecule has 5 nitrogen and oxygen atoms in total. The number of fused-ring (bicyclic) bond motifs is 1. The number of rotatable bonds is 6. The van der Waals surface area contributed by atoms with Gasteiger partial charge in [-0.25, -0.2) is 9.97 Å². The van der Waals surface area contributed by atoms with E-state index in [1.54, 1.807) is 18.3 Å². The van der Waals surface area contributed by atoms with Crippen molar-refractivity contribution in [1.29, 1.82) is 0 Å². The number of carbonyl (C=O) groups is 1. The molecule has 0 aliphatic rings. The summed E-state index contributed by atoms with van der Waals surface area (Å²) in [5.74, 6) is 0.00944. The summed E-state index contributed by atoms with van der Waals surface area (Å²) in [5.41, 5.74) is 3.01. The van der Waals surface area contributed by atoms with Gasteiger partial charge in [0.05, 0.1) is 34.7 Å². The fourth-order valence-corrected chi connectivity index (χ4v) is 4.13. The molecule has 0 saturated heterocycles. The first kappa shape index (κ1) is 17.7. The van der Waals surface area contributed by atoms with Crippen LogP contribution in [0.4, 0.5) is 0 Å². The average Bonchev–Trinajstić information content (AvgIpc) is 3.13. The van der Waals surface area contributed by atoms with Crippen molar-refractivity contribution in [3.8, 4) is 0 Å². The molecule has 0 saturated carbocycles. The van der Waals surface area contributed by atoms with E-state index in [1.165, 1.54) is 0 Å². The molecule has 7 heteroatoms. The Labute approximate surface area is 153 Å². The van der Waals surface area contributed by atoms with Gasteiger partial charge in [-0.2, -0.15) is 0 Å². The summed E-state index contributed by atoms with van der Waals surface area (Å²) in [6.07, 6.45) is 0. The maximum absolute atomic E-state index is 12.6. The molecule has 0 fully saturated rings. The van der Waals surface area contributed by atoms with E-state index < -0.39 is 16.0 Å². The van der Waals surface area contributed by atoms with Crippen molar-refractivity contribution in [2.75, 3.05) is 0 Å². The minimum absolute atomic E-state index is 0.210. The molecule has 0 bridgehead atoms. The zero-order valence-electron chi connectivity index (χ0n) is 14.1. The highest BCUT2D eigenvalue weighted by Crippen LogP contribution is 2.15. The van der Waals surface area contributed by atoms with Crippen molar-refractivity contribution in [3.05, 3.63) is 58.0 Å². The van der Waals surface area contributed by atoms with Crippen LogP contribution in [0.3, 0.4) is 0 Å². The van der Waals surface area contributed by atoms with E-state index in [0.29, 0.717) is 12.2 Å². The number of thiophene rings is 1. The number of nitrogens with one attached hydrogen (secondary N) is 1. The third-order valence-corrected chi connectivity index (χ3v) is 6.34. The number of amides is 1. The molecule has 0 aliphatic heterocycles. The molecule has 130 valence electrons. The van der Waals surface area contributed by atoms with Crippen LogP contribution in [0, 0.1) is 6.92 Å². The number of carbonyl (C=O) groups excluding carboxylic acids is 1. The van der Waals surface area contributed by atoms with Crippen LogP contribution in [-0.2, 0) is 27.9 Å². The zero-order valence-corrected chi connectivity index (χ0v) is 15.7. The van der Waals surface area contributed by atoms with Crippen LogP contribution in [0.15, 0.2) is 41.8 Å². The van der Waals surface area contributed by atoms with Crippen LogP contribution in [0.2, 0.25) is 0 Å². The zero-order chi connectivity index (χ0) is 17.8. The lowest BCUT2D eigenvalue weighted by molar-refractivity contribution is -0.120. The molecule has 0 aliphatic carbocycles. The highest BCUT2D eigenvalue weighted by atomic mass is 32.2. The van der Waals surface area contributed by atoms with Gasteiger partial charge in [-0.3, -0.25) is 9.00 Å². The van der Waals surface area contributed by atoms with E-state index in [0.717, 1.165) is 21.6 Å². The van der Waals surface area contributed by atoms with Gasteiger partial charge in [0.15, 0.2) is 0 Å². The maximum atomic E-state index is 12.6. The summed E-state index contributed by atoms with van der Waals surface area (Å²) < 4.78 is 12.6. The number of para-hydroxylation sites is 2. The number of nitrogens with zero attached hydrogens (tertiary/aromatic N) is 2. The lowest BCUT2D eigenvalue weighted by Gasteiger charge is -2.12. The second-order valence-corrected chi connectivity index (χ2v) is 8.50. The van der Waals surface area contributed by atoms with E-state index in [-0.39, 0.29) is 11.7 Å². The highest BCUT2D eigenvalue weighted by Gasteiger charge is 2.21. The molecule has 2 atom stereocenters. The molecule has 0 spiro atoms. The second-order valence-electron chi connectivity index (χ2n) is 5.71. The van der Waals surface area contributed by atoms with Crippen LogP contribution in [0.1, 0.15) is 23.2 Å². The van der Waals surface area contributed by atoms with E-state index >= 15 is 0 Å². The minimum atomic E-state index is -1.36. The summed E-state index contributed by atoms with van der Waals surface area (Å²) in [4.78, 5) is 22.4. The molecule has 1 amide bonds. The van der Waals surface area contributed by atoms with E-state index in [9.17, 15) is 9.00 Å². The molecule has 0 unspecified atom stereocenters. The monoisotopic (exact) mass is 373 g/mol. The third kappa shape index (κ3) is 4.29. The van der Waals surface area contributed by atoms with E-state index in [2.05, 4.69) is 15.3 Å². The van der Waals surface area contributed by atoms with Crippen molar-refractivity contribution < 1.29 is 9.00 Å². The Kier molecular flexibility index (Phi) is 5.55. The topological polar surface area (TPSA) is 72.0 Å². The molecule has 25 heavy (non-hydrogen) atoms. The Hall–Kier alpha value is -2.12. The average molecular weight is 374 g/mol.